The van der Waals surface area contributed by atoms with E-state index in [1.807, 2.05) is 0 Å². The first-order valence-electron chi connectivity index (χ1n) is 9.01. The van der Waals surface area contributed by atoms with Crippen molar-refractivity contribution in [3.05, 3.63) is 0 Å². The van der Waals surface area contributed by atoms with Crippen LogP contribution in [0, 0.1) is 23.7 Å². The Kier molecular flexibility index (Phi) is 4.68. The smallest absolute Gasteiger partial charge is 0.220 e. The molecule has 3 saturated carbocycles. The molecule has 0 aromatic carbocycles. The Morgan fingerprint density at radius 3 is 2.55 bits per heavy atom. The van der Waals surface area contributed by atoms with Crippen molar-refractivity contribution >= 4 is 5.91 Å². The monoisotopic (exact) mass is 277 g/mol. The molecule has 0 aromatic rings. The minimum atomic E-state index is 0.311. The molecule has 0 aliphatic heterocycles. The van der Waals surface area contributed by atoms with Crippen LogP contribution < -0.4 is 5.32 Å². The second-order valence-corrected chi connectivity index (χ2v) is 7.74. The van der Waals surface area contributed by atoms with Gasteiger partial charge in [0.2, 0.25) is 5.91 Å². The third kappa shape index (κ3) is 3.38. The van der Waals surface area contributed by atoms with Gasteiger partial charge in [-0.25, -0.2) is 0 Å². The molecular weight excluding hydrogens is 246 g/mol. The molecule has 20 heavy (non-hydrogen) atoms. The first kappa shape index (κ1) is 14.4. The molecule has 0 radical (unpaired) electrons. The summed E-state index contributed by atoms with van der Waals surface area (Å²) in [5.41, 5.74) is 0. The number of fused-ring (bicyclic) bond motifs is 2. The van der Waals surface area contributed by atoms with Crippen LogP contribution in [0.15, 0.2) is 0 Å². The van der Waals surface area contributed by atoms with Gasteiger partial charge < -0.3 is 5.32 Å². The van der Waals surface area contributed by atoms with Crippen LogP contribution in [0.1, 0.15) is 77.6 Å². The highest BCUT2D eigenvalue weighted by molar-refractivity contribution is 5.76. The number of nitrogens with one attached hydrogen (secondary N) is 1. The molecule has 1 N–H and O–H groups in total. The van der Waals surface area contributed by atoms with Crippen molar-refractivity contribution in [3.63, 3.8) is 0 Å². The maximum Gasteiger partial charge on any atom is 0.220 e. The predicted molar refractivity (Wildman–Crippen MR) is 82.4 cm³/mol. The van der Waals surface area contributed by atoms with E-state index < -0.39 is 0 Å². The molecule has 0 unspecified atom stereocenters. The summed E-state index contributed by atoms with van der Waals surface area (Å²) in [5.74, 6) is 3.80. The van der Waals surface area contributed by atoms with E-state index in [0.717, 1.165) is 36.5 Å². The zero-order valence-corrected chi connectivity index (χ0v) is 13.1. The lowest BCUT2D eigenvalue weighted by molar-refractivity contribution is -0.122. The van der Waals surface area contributed by atoms with Gasteiger partial charge in [0.1, 0.15) is 0 Å². The molecule has 3 aliphatic carbocycles. The fourth-order valence-electron chi connectivity index (χ4n) is 5.15. The van der Waals surface area contributed by atoms with Gasteiger partial charge in [0.25, 0.3) is 0 Å². The highest BCUT2D eigenvalue weighted by Gasteiger charge is 2.42. The average molecular weight is 277 g/mol. The molecule has 2 bridgehead atoms. The van der Waals surface area contributed by atoms with Crippen LogP contribution >= 0.6 is 0 Å². The Morgan fingerprint density at radius 1 is 1.10 bits per heavy atom. The highest BCUT2D eigenvalue weighted by Crippen LogP contribution is 2.49. The van der Waals surface area contributed by atoms with Crippen LogP contribution in [-0.2, 0) is 4.79 Å². The van der Waals surface area contributed by atoms with Crippen molar-refractivity contribution in [2.75, 3.05) is 0 Å². The summed E-state index contributed by atoms with van der Waals surface area (Å²) in [5, 5.41) is 3.31. The number of rotatable bonds is 5. The van der Waals surface area contributed by atoms with E-state index >= 15 is 0 Å². The minimum Gasteiger partial charge on any atom is -0.353 e. The maximum absolute atomic E-state index is 12.1. The van der Waals surface area contributed by atoms with Crippen molar-refractivity contribution < 1.29 is 4.79 Å². The molecule has 0 saturated heterocycles. The molecule has 0 heterocycles. The van der Waals surface area contributed by atoms with E-state index in [4.69, 9.17) is 0 Å². The standard InChI is InChI=1S/C18H31NO/c1-13(17-12-15-7-9-16(17)11-15)19-18(20)10-8-14-5-3-2-4-6-14/h13-17H,2-12H2,1H3,(H,19,20)/t13-,15+,16+,17+/m0/s1. The third-order valence-electron chi connectivity index (χ3n) is 6.33. The summed E-state index contributed by atoms with van der Waals surface area (Å²) in [4.78, 5) is 12.1. The number of hydrogen-bond acceptors (Lipinski definition) is 1. The van der Waals surface area contributed by atoms with Gasteiger partial charge in [-0.2, -0.15) is 0 Å². The van der Waals surface area contributed by atoms with Crippen molar-refractivity contribution in [2.45, 2.75) is 83.6 Å². The number of amides is 1. The average Bonchev–Trinajstić information content (AvgIpc) is 3.09. The van der Waals surface area contributed by atoms with Crippen molar-refractivity contribution in [3.8, 4) is 0 Å². The van der Waals surface area contributed by atoms with Crippen LogP contribution in [0.4, 0.5) is 0 Å². The molecule has 3 fully saturated rings. The van der Waals surface area contributed by atoms with Crippen molar-refractivity contribution in [1.29, 1.82) is 0 Å². The third-order valence-corrected chi connectivity index (χ3v) is 6.33. The maximum atomic E-state index is 12.1. The van der Waals surface area contributed by atoms with Gasteiger partial charge in [-0.15, -0.1) is 0 Å². The molecule has 3 rings (SSSR count). The van der Waals surface area contributed by atoms with Gasteiger partial charge in [-0.1, -0.05) is 38.5 Å². The van der Waals surface area contributed by atoms with Gasteiger partial charge >= 0.3 is 0 Å². The normalized spacial score (nSPS) is 35.1. The largest absolute Gasteiger partial charge is 0.353 e. The molecule has 2 nitrogen and oxygen atoms in total. The van der Waals surface area contributed by atoms with Crippen LogP contribution in [-0.4, -0.2) is 11.9 Å². The molecular formula is C18H31NO. The SMILES string of the molecule is C[C@H](NC(=O)CCC1CCCCC1)[C@H]1C[C@@H]2CC[C@@H]1C2. The van der Waals surface area contributed by atoms with Crippen molar-refractivity contribution in [2.24, 2.45) is 23.7 Å². The summed E-state index contributed by atoms with van der Waals surface area (Å²) < 4.78 is 0. The molecule has 114 valence electrons. The van der Waals surface area contributed by atoms with E-state index in [1.165, 1.54) is 57.8 Å². The van der Waals surface area contributed by atoms with E-state index in [2.05, 4.69) is 12.2 Å². The van der Waals surface area contributed by atoms with Gasteiger partial charge in [0.05, 0.1) is 0 Å². The minimum absolute atomic E-state index is 0.311. The topological polar surface area (TPSA) is 29.1 Å². The van der Waals surface area contributed by atoms with E-state index in [9.17, 15) is 4.79 Å². The van der Waals surface area contributed by atoms with Crippen LogP contribution in [0.25, 0.3) is 0 Å². The molecule has 1 amide bonds. The molecule has 3 aliphatic rings. The second-order valence-electron chi connectivity index (χ2n) is 7.74. The zero-order valence-electron chi connectivity index (χ0n) is 13.1. The second kappa shape index (κ2) is 6.49. The summed E-state index contributed by atoms with van der Waals surface area (Å²) in [6.07, 6.45) is 14.4. The van der Waals surface area contributed by atoms with E-state index in [0.29, 0.717) is 11.9 Å². The van der Waals surface area contributed by atoms with Crippen LogP contribution in [0.3, 0.4) is 0 Å². The van der Waals surface area contributed by atoms with Crippen LogP contribution in [0.2, 0.25) is 0 Å². The number of hydrogen-bond donors (Lipinski definition) is 1. The Balaban J connectivity index is 1.37. The van der Waals surface area contributed by atoms with Crippen LogP contribution in [0.5, 0.6) is 0 Å². The lowest BCUT2D eigenvalue weighted by Gasteiger charge is -2.29. The van der Waals surface area contributed by atoms with E-state index in [1.54, 1.807) is 0 Å². The zero-order chi connectivity index (χ0) is 13.9. The Hall–Kier alpha value is -0.530. The number of carbonyl (C=O) groups is 1. The van der Waals surface area contributed by atoms with Gasteiger partial charge in [0, 0.05) is 12.5 Å². The fraction of sp³-hybridized carbons (Fsp3) is 0.944. The number of carbonyl (C=O) groups excluding carboxylic acids is 1. The predicted octanol–water partition coefficient (Wildman–Crippen LogP) is 4.29. The van der Waals surface area contributed by atoms with Gasteiger partial charge in [-0.3, -0.25) is 4.79 Å². The quantitative estimate of drug-likeness (QED) is 0.798. The first-order chi connectivity index (χ1) is 9.72. The lowest BCUT2D eigenvalue weighted by atomic mass is 9.83. The Labute approximate surface area is 124 Å². The first-order valence-corrected chi connectivity index (χ1v) is 9.01. The van der Waals surface area contributed by atoms with E-state index in [-0.39, 0.29) is 0 Å². The molecule has 2 heteroatoms. The lowest BCUT2D eigenvalue weighted by Crippen LogP contribution is -2.40. The van der Waals surface area contributed by atoms with Gasteiger partial charge in [0.15, 0.2) is 0 Å². The Morgan fingerprint density at radius 2 is 1.90 bits per heavy atom. The van der Waals surface area contributed by atoms with Gasteiger partial charge in [-0.05, 0) is 56.3 Å². The Bertz CT molecular complexity index is 334. The summed E-state index contributed by atoms with van der Waals surface area (Å²) in [6, 6.07) is 0.407. The molecule has 0 aromatic heterocycles. The highest BCUT2D eigenvalue weighted by atomic mass is 16.1. The summed E-state index contributed by atoms with van der Waals surface area (Å²) >= 11 is 0. The summed E-state index contributed by atoms with van der Waals surface area (Å²) in [7, 11) is 0. The fourth-order valence-corrected chi connectivity index (χ4v) is 5.15. The summed E-state index contributed by atoms with van der Waals surface area (Å²) in [6.45, 7) is 2.24. The molecule has 4 atom stereocenters. The van der Waals surface area contributed by atoms with Crippen molar-refractivity contribution in [1.82, 2.24) is 5.32 Å². The molecule has 0 spiro atoms.